The van der Waals surface area contributed by atoms with Gasteiger partial charge in [0.15, 0.2) is 5.82 Å². The van der Waals surface area contributed by atoms with Crippen LogP contribution in [0.15, 0.2) is 53.7 Å². The normalized spacial score (nSPS) is 14.0. The molecule has 0 aliphatic carbocycles. The molecule has 0 bridgehead atoms. The molecule has 9 heteroatoms. The fraction of sp³-hybridized carbons (Fsp3) is 0.375. The molecule has 1 aliphatic rings. The van der Waals surface area contributed by atoms with Crippen LogP contribution in [0, 0.1) is 0 Å². The van der Waals surface area contributed by atoms with Crippen LogP contribution in [0.25, 0.3) is 11.4 Å². The third kappa shape index (κ3) is 5.98. The van der Waals surface area contributed by atoms with Gasteiger partial charge in [-0.2, -0.15) is 0 Å². The van der Waals surface area contributed by atoms with E-state index >= 15 is 0 Å². The fourth-order valence-corrected chi connectivity index (χ4v) is 4.51. The number of nitrogens with two attached hydrogens (primary N) is 1. The number of thioether (sulfide) groups is 1. The van der Waals surface area contributed by atoms with E-state index in [0.717, 1.165) is 30.1 Å². The Hall–Kier alpha value is -3.20. The van der Waals surface area contributed by atoms with Gasteiger partial charge in [-0.25, -0.2) is 4.68 Å². The van der Waals surface area contributed by atoms with Crippen molar-refractivity contribution in [2.75, 3.05) is 41.5 Å². The molecule has 2 heterocycles. The SMILES string of the molecule is CCOc1ccc(-c2nnc(SCC(=O)Nc3ccc(N4CCCCCC4)cc3)n2N)cc1. The number of hydrogen-bond acceptors (Lipinski definition) is 7. The Morgan fingerprint density at radius 3 is 2.39 bits per heavy atom. The molecule has 1 fully saturated rings. The highest BCUT2D eigenvalue weighted by atomic mass is 32.2. The summed E-state index contributed by atoms with van der Waals surface area (Å²) in [7, 11) is 0. The first kappa shape index (κ1) is 23.0. The summed E-state index contributed by atoms with van der Waals surface area (Å²) in [4.78, 5) is 14.9. The highest BCUT2D eigenvalue weighted by Crippen LogP contribution is 2.25. The first-order valence-corrected chi connectivity index (χ1v) is 12.3. The maximum absolute atomic E-state index is 12.5. The van der Waals surface area contributed by atoms with E-state index in [1.165, 1.54) is 47.8 Å². The number of aromatic nitrogens is 3. The van der Waals surface area contributed by atoms with E-state index in [0.29, 0.717) is 17.6 Å². The van der Waals surface area contributed by atoms with Crippen molar-refractivity contribution in [2.24, 2.45) is 0 Å². The largest absolute Gasteiger partial charge is 0.494 e. The number of ether oxygens (including phenoxy) is 1. The maximum atomic E-state index is 12.5. The Morgan fingerprint density at radius 2 is 1.73 bits per heavy atom. The van der Waals surface area contributed by atoms with Gasteiger partial charge in [-0.15, -0.1) is 10.2 Å². The summed E-state index contributed by atoms with van der Waals surface area (Å²) in [6.45, 7) is 4.75. The van der Waals surface area contributed by atoms with Crippen LogP contribution in [0.4, 0.5) is 11.4 Å². The van der Waals surface area contributed by atoms with Crippen LogP contribution in [-0.2, 0) is 4.79 Å². The van der Waals surface area contributed by atoms with Crippen molar-refractivity contribution in [1.82, 2.24) is 14.9 Å². The number of carbonyl (C=O) groups is 1. The predicted molar refractivity (Wildman–Crippen MR) is 133 cm³/mol. The zero-order chi connectivity index (χ0) is 23.0. The third-order valence-electron chi connectivity index (χ3n) is 5.54. The number of nitrogens with one attached hydrogen (secondary N) is 1. The van der Waals surface area contributed by atoms with Gasteiger partial charge < -0.3 is 20.8 Å². The molecule has 3 N–H and O–H groups in total. The van der Waals surface area contributed by atoms with Gasteiger partial charge in [0.25, 0.3) is 0 Å². The smallest absolute Gasteiger partial charge is 0.234 e. The number of carbonyl (C=O) groups excluding carboxylic acids is 1. The summed E-state index contributed by atoms with van der Waals surface area (Å²) in [5, 5.41) is 11.7. The molecule has 2 aromatic carbocycles. The highest BCUT2D eigenvalue weighted by Gasteiger charge is 2.15. The molecule has 4 rings (SSSR count). The molecule has 33 heavy (non-hydrogen) atoms. The van der Waals surface area contributed by atoms with Crippen LogP contribution >= 0.6 is 11.8 Å². The number of anilines is 2. The van der Waals surface area contributed by atoms with Crippen LogP contribution in [-0.4, -0.2) is 46.2 Å². The summed E-state index contributed by atoms with van der Waals surface area (Å²) < 4.78 is 6.87. The van der Waals surface area contributed by atoms with E-state index in [-0.39, 0.29) is 11.7 Å². The van der Waals surface area contributed by atoms with Gasteiger partial charge in [0, 0.05) is 30.0 Å². The minimum absolute atomic E-state index is 0.117. The second-order valence-corrected chi connectivity index (χ2v) is 8.86. The second-order valence-electron chi connectivity index (χ2n) is 7.92. The van der Waals surface area contributed by atoms with E-state index in [9.17, 15) is 4.79 Å². The first-order valence-electron chi connectivity index (χ1n) is 11.4. The quantitative estimate of drug-likeness (QED) is 0.380. The Balaban J connectivity index is 1.31. The lowest BCUT2D eigenvalue weighted by molar-refractivity contribution is -0.113. The minimum atomic E-state index is -0.117. The Bertz CT molecular complexity index is 1040. The minimum Gasteiger partial charge on any atom is -0.494 e. The van der Waals surface area contributed by atoms with Crippen LogP contribution in [0.2, 0.25) is 0 Å². The van der Waals surface area contributed by atoms with E-state index in [2.05, 4.69) is 32.5 Å². The second kappa shape index (κ2) is 11.1. The van der Waals surface area contributed by atoms with E-state index < -0.39 is 0 Å². The molecule has 0 unspecified atom stereocenters. The van der Waals surface area contributed by atoms with Crippen LogP contribution in [0.3, 0.4) is 0 Å². The van der Waals surface area contributed by atoms with Gasteiger partial charge in [-0.1, -0.05) is 24.6 Å². The molecule has 1 saturated heterocycles. The summed E-state index contributed by atoms with van der Waals surface area (Å²) in [6, 6.07) is 15.6. The molecule has 0 radical (unpaired) electrons. The lowest BCUT2D eigenvalue weighted by Gasteiger charge is -2.22. The summed E-state index contributed by atoms with van der Waals surface area (Å²) in [6.07, 6.45) is 5.09. The number of nitrogens with zero attached hydrogens (tertiary/aromatic N) is 4. The topological polar surface area (TPSA) is 98.3 Å². The number of rotatable bonds is 8. The van der Waals surface area contributed by atoms with Crippen molar-refractivity contribution >= 4 is 29.0 Å². The average Bonchev–Trinajstić information content (AvgIpc) is 3.01. The van der Waals surface area contributed by atoms with Crippen molar-refractivity contribution in [1.29, 1.82) is 0 Å². The van der Waals surface area contributed by atoms with Gasteiger partial charge in [-0.05, 0) is 68.3 Å². The van der Waals surface area contributed by atoms with Crippen molar-refractivity contribution in [2.45, 2.75) is 37.8 Å². The van der Waals surface area contributed by atoms with Crippen molar-refractivity contribution < 1.29 is 9.53 Å². The van der Waals surface area contributed by atoms with E-state index in [1.807, 2.05) is 43.3 Å². The van der Waals surface area contributed by atoms with Crippen molar-refractivity contribution in [3.8, 4) is 17.1 Å². The summed E-state index contributed by atoms with van der Waals surface area (Å²) in [5.74, 6) is 7.56. The third-order valence-corrected chi connectivity index (χ3v) is 6.49. The Morgan fingerprint density at radius 1 is 1.03 bits per heavy atom. The molecule has 0 spiro atoms. The van der Waals surface area contributed by atoms with Crippen LogP contribution in [0.5, 0.6) is 5.75 Å². The lowest BCUT2D eigenvalue weighted by atomic mass is 10.2. The van der Waals surface area contributed by atoms with E-state index in [4.69, 9.17) is 10.6 Å². The van der Waals surface area contributed by atoms with Gasteiger partial charge in [0.1, 0.15) is 5.75 Å². The van der Waals surface area contributed by atoms with E-state index in [1.54, 1.807) is 0 Å². The van der Waals surface area contributed by atoms with Gasteiger partial charge >= 0.3 is 0 Å². The van der Waals surface area contributed by atoms with Gasteiger partial charge in [-0.3, -0.25) is 4.79 Å². The molecular weight excluding hydrogens is 436 g/mol. The zero-order valence-electron chi connectivity index (χ0n) is 18.9. The zero-order valence-corrected chi connectivity index (χ0v) is 19.7. The predicted octanol–water partition coefficient (Wildman–Crippen LogP) is 4.17. The number of hydrogen-bond donors (Lipinski definition) is 2. The maximum Gasteiger partial charge on any atom is 0.234 e. The number of amides is 1. The molecule has 3 aromatic rings. The number of nitrogen functional groups attached to an aromatic ring is 1. The molecule has 1 amide bonds. The fourth-order valence-electron chi connectivity index (χ4n) is 3.85. The van der Waals surface area contributed by atoms with Gasteiger partial charge in [0.05, 0.1) is 12.4 Å². The first-order chi connectivity index (χ1) is 16.1. The van der Waals surface area contributed by atoms with Crippen molar-refractivity contribution in [3.63, 3.8) is 0 Å². The monoisotopic (exact) mass is 466 g/mol. The van der Waals surface area contributed by atoms with Crippen molar-refractivity contribution in [3.05, 3.63) is 48.5 Å². The molecular formula is C24H30N6O2S. The molecule has 0 atom stereocenters. The lowest BCUT2D eigenvalue weighted by Crippen LogP contribution is -2.23. The molecule has 8 nitrogen and oxygen atoms in total. The molecule has 174 valence electrons. The van der Waals surface area contributed by atoms with Crippen LogP contribution < -0.4 is 20.8 Å². The molecule has 0 saturated carbocycles. The van der Waals surface area contributed by atoms with Gasteiger partial charge in [0.2, 0.25) is 11.1 Å². The number of benzene rings is 2. The standard InChI is InChI=1S/C24H30N6O2S/c1-2-32-21-13-7-18(8-14-21)23-27-28-24(30(23)25)33-17-22(31)26-19-9-11-20(12-10-19)29-15-5-3-4-6-16-29/h7-14H,2-6,15-17,25H2,1H3,(H,26,31). The Labute approximate surface area is 198 Å². The molecule has 1 aromatic heterocycles. The Kier molecular flexibility index (Phi) is 7.72. The average molecular weight is 467 g/mol. The summed E-state index contributed by atoms with van der Waals surface area (Å²) in [5.41, 5.74) is 2.82. The summed E-state index contributed by atoms with van der Waals surface area (Å²) >= 11 is 1.25. The molecule has 1 aliphatic heterocycles. The van der Waals surface area contributed by atoms with Crippen LogP contribution in [0.1, 0.15) is 32.6 Å². The highest BCUT2D eigenvalue weighted by molar-refractivity contribution is 7.99.